The molecule has 2 heteroatoms. The van der Waals surface area contributed by atoms with Gasteiger partial charge in [0.1, 0.15) is 0 Å². The van der Waals surface area contributed by atoms with E-state index in [1.165, 1.54) is 11.1 Å². The summed E-state index contributed by atoms with van der Waals surface area (Å²) in [6, 6.07) is 8.49. The Labute approximate surface area is 80.4 Å². The van der Waals surface area contributed by atoms with E-state index in [9.17, 15) is 0 Å². The van der Waals surface area contributed by atoms with Crippen LogP contribution in [0.15, 0.2) is 24.3 Å². The minimum absolute atomic E-state index is 0.629. The van der Waals surface area contributed by atoms with Gasteiger partial charge in [0, 0.05) is 13.1 Å². The molecule has 0 bridgehead atoms. The van der Waals surface area contributed by atoms with Crippen LogP contribution in [0.4, 0.5) is 0 Å². The van der Waals surface area contributed by atoms with E-state index in [-0.39, 0.29) is 0 Å². The molecule has 0 saturated carbocycles. The van der Waals surface area contributed by atoms with Crippen molar-refractivity contribution in [2.75, 3.05) is 13.6 Å². The van der Waals surface area contributed by atoms with Gasteiger partial charge in [-0.1, -0.05) is 31.2 Å². The lowest BCUT2D eigenvalue weighted by molar-refractivity contribution is 0.346. The maximum atomic E-state index is 5.52. The monoisotopic (exact) mass is 178 g/mol. The van der Waals surface area contributed by atoms with Gasteiger partial charge in [-0.25, -0.2) is 0 Å². The Balaban J connectivity index is 2.58. The molecule has 13 heavy (non-hydrogen) atoms. The molecule has 72 valence electrons. The van der Waals surface area contributed by atoms with Crippen LogP contribution < -0.4 is 5.73 Å². The largest absolute Gasteiger partial charge is 0.326 e. The topological polar surface area (TPSA) is 29.3 Å². The van der Waals surface area contributed by atoms with Gasteiger partial charge >= 0.3 is 0 Å². The van der Waals surface area contributed by atoms with Gasteiger partial charge in [0.05, 0.1) is 0 Å². The summed E-state index contributed by atoms with van der Waals surface area (Å²) in [6.45, 7) is 4.89. The molecule has 0 aliphatic rings. The summed E-state index contributed by atoms with van der Waals surface area (Å²) in [5.41, 5.74) is 8.06. The summed E-state index contributed by atoms with van der Waals surface area (Å²) < 4.78 is 0. The standard InChI is InChI=1S/C11H18N2/c1-3-13(2)9-11-6-4-10(8-12)5-7-11/h4-7H,3,8-9,12H2,1-2H3. The Morgan fingerprint density at radius 1 is 1.15 bits per heavy atom. The SMILES string of the molecule is CCN(C)Cc1ccc(CN)cc1. The van der Waals surface area contributed by atoms with Crippen LogP contribution in [-0.2, 0) is 13.1 Å². The molecule has 2 nitrogen and oxygen atoms in total. The summed E-state index contributed by atoms with van der Waals surface area (Å²) in [6.07, 6.45) is 0. The number of rotatable bonds is 4. The smallest absolute Gasteiger partial charge is 0.0230 e. The number of benzene rings is 1. The third-order valence-electron chi connectivity index (χ3n) is 2.25. The molecule has 2 N–H and O–H groups in total. The number of nitrogens with two attached hydrogens (primary N) is 1. The van der Waals surface area contributed by atoms with E-state index >= 15 is 0 Å². The molecule has 1 rings (SSSR count). The number of hydrogen-bond acceptors (Lipinski definition) is 2. The van der Waals surface area contributed by atoms with Crippen LogP contribution >= 0.6 is 0 Å². The molecular formula is C11H18N2. The van der Waals surface area contributed by atoms with Crippen molar-refractivity contribution < 1.29 is 0 Å². The lowest BCUT2D eigenvalue weighted by Gasteiger charge is -2.13. The first-order valence-corrected chi connectivity index (χ1v) is 4.72. The first kappa shape index (κ1) is 10.2. The van der Waals surface area contributed by atoms with Gasteiger partial charge in [-0.15, -0.1) is 0 Å². The fourth-order valence-corrected chi connectivity index (χ4v) is 1.20. The lowest BCUT2D eigenvalue weighted by atomic mass is 10.1. The Hall–Kier alpha value is -0.860. The van der Waals surface area contributed by atoms with Crippen LogP contribution in [0.25, 0.3) is 0 Å². The highest BCUT2D eigenvalue weighted by Gasteiger charge is 1.96. The van der Waals surface area contributed by atoms with E-state index in [1.807, 2.05) is 0 Å². The van der Waals surface area contributed by atoms with Crippen molar-refractivity contribution in [2.45, 2.75) is 20.0 Å². The zero-order chi connectivity index (χ0) is 9.68. The van der Waals surface area contributed by atoms with Crippen molar-refractivity contribution in [3.63, 3.8) is 0 Å². The van der Waals surface area contributed by atoms with Crippen LogP contribution in [0.5, 0.6) is 0 Å². The Bertz CT molecular complexity index is 241. The van der Waals surface area contributed by atoms with Crippen molar-refractivity contribution in [3.8, 4) is 0 Å². The lowest BCUT2D eigenvalue weighted by Crippen LogP contribution is -2.16. The molecule has 0 aliphatic heterocycles. The van der Waals surface area contributed by atoms with Gasteiger partial charge in [-0.05, 0) is 24.7 Å². The van der Waals surface area contributed by atoms with Gasteiger partial charge in [-0.3, -0.25) is 0 Å². The molecule has 0 heterocycles. The average Bonchev–Trinajstić information content (AvgIpc) is 2.19. The van der Waals surface area contributed by atoms with Crippen molar-refractivity contribution in [2.24, 2.45) is 5.73 Å². The van der Waals surface area contributed by atoms with Gasteiger partial charge in [-0.2, -0.15) is 0 Å². The zero-order valence-electron chi connectivity index (χ0n) is 8.46. The summed E-state index contributed by atoms with van der Waals surface area (Å²) in [5, 5.41) is 0. The Morgan fingerprint density at radius 3 is 2.15 bits per heavy atom. The normalized spacial score (nSPS) is 10.8. The second-order valence-corrected chi connectivity index (χ2v) is 3.35. The van der Waals surface area contributed by atoms with E-state index in [1.54, 1.807) is 0 Å². The van der Waals surface area contributed by atoms with E-state index < -0.39 is 0 Å². The highest BCUT2D eigenvalue weighted by molar-refractivity contribution is 5.22. The minimum Gasteiger partial charge on any atom is -0.326 e. The predicted molar refractivity (Wildman–Crippen MR) is 56.3 cm³/mol. The van der Waals surface area contributed by atoms with Crippen LogP contribution in [0, 0.1) is 0 Å². The molecule has 0 radical (unpaired) electrons. The third-order valence-corrected chi connectivity index (χ3v) is 2.25. The number of hydrogen-bond donors (Lipinski definition) is 1. The Kier molecular flexibility index (Phi) is 3.93. The molecule has 0 unspecified atom stereocenters. The quantitative estimate of drug-likeness (QED) is 0.758. The molecule has 0 aromatic heterocycles. The highest BCUT2D eigenvalue weighted by atomic mass is 15.1. The van der Waals surface area contributed by atoms with E-state index in [2.05, 4.69) is 43.1 Å². The van der Waals surface area contributed by atoms with Crippen LogP contribution in [-0.4, -0.2) is 18.5 Å². The zero-order valence-corrected chi connectivity index (χ0v) is 8.46. The van der Waals surface area contributed by atoms with E-state index in [0.717, 1.165) is 13.1 Å². The summed E-state index contributed by atoms with van der Waals surface area (Å²) in [5.74, 6) is 0. The van der Waals surface area contributed by atoms with Gasteiger partial charge < -0.3 is 10.6 Å². The summed E-state index contributed by atoms with van der Waals surface area (Å²) in [4.78, 5) is 2.28. The molecule has 1 aromatic rings. The van der Waals surface area contributed by atoms with Crippen molar-refractivity contribution in [1.82, 2.24) is 4.90 Å². The first-order valence-electron chi connectivity index (χ1n) is 4.72. The molecule has 0 amide bonds. The maximum Gasteiger partial charge on any atom is 0.0230 e. The summed E-state index contributed by atoms with van der Waals surface area (Å²) in [7, 11) is 2.12. The minimum atomic E-state index is 0.629. The van der Waals surface area contributed by atoms with Crippen molar-refractivity contribution in [1.29, 1.82) is 0 Å². The van der Waals surface area contributed by atoms with Gasteiger partial charge in [0.15, 0.2) is 0 Å². The van der Waals surface area contributed by atoms with E-state index in [0.29, 0.717) is 6.54 Å². The number of nitrogens with zero attached hydrogens (tertiary/aromatic N) is 1. The fraction of sp³-hybridized carbons (Fsp3) is 0.455. The molecule has 0 spiro atoms. The molecule has 0 fully saturated rings. The van der Waals surface area contributed by atoms with Crippen LogP contribution in [0.2, 0.25) is 0 Å². The first-order chi connectivity index (χ1) is 6.26. The van der Waals surface area contributed by atoms with Crippen molar-refractivity contribution in [3.05, 3.63) is 35.4 Å². The molecule has 0 saturated heterocycles. The van der Waals surface area contributed by atoms with Gasteiger partial charge in [0.25, 0.3) is 0 Å². The van der Waals surface area contributed by atoms with Gasteiger partial charge in [0.2, 0.25) is 0 Å². The molecule has 0 atom stereocenters. The molecule has 1 aromatic carbocycles. The molecular weight excluding hydrogens is 160 g/mol. The maximum absolute atomic E-state index is 5.52. The Morgan fingerprint density at radius 2 is 1.69 bits per heavy atom. The second kappa shape index (κ2) is 5.00. The average molecular weight is 178 g/mol. The van der Waals surface area contributed by atoms with Crippen molar-refractivity contribution >= 4 is 0 Å². The predicted octanol–water partition coefficient (Wildman–Crippen LogP) is 1.60. The fourth-order valence-electron chi connectivity index (χ4n) is 1.20. The molecule has 0 aliphatic carbocycles. The highest BCUT2D eigenvalue weighted by Crippen LogP contribution is 2.05. The second-order valence-electron chi connectivity index (χ2n) is 3.35. The van der Waals surface area contributed by atoms with Crippen LogP contribution in [0.3, 0.4) is 0 Å². The van der Waals surface area contributed by atoms with E-state index in [4.69, 9.17) is 5.73 Å². The third kappa shape index (κ3) is 3.17. The van der Waals surface area contributed by atoms with Crippen LogP contribution in [0.1, 0.15) is 18.1 Å². The summed E-state index contributed by atoms with van der Waals surface area (Å²) >= 11 is 0.